The van der Waals surface area contributed by atoms with Crippen molar-refractivity contribution < 1.29 is 4.74 Å². The summed E-state index contributed by atoms with van der Waals surface area (Å²) in [4.78, 5) is 9.24. The SMILES string of the molecule is CCNC(=NCc1ccnc2ccccc12)NCC1(SC)CCOCC1.I. The van der Waals surface area contributed by atoms with Crippen molar-refractivity contribution >= 4 is 52.6 Å². The molecular weight excluding hydrogens is 471 g/mol. The van der Waals surface area contributed by atoms with Gasteiger partial charge in [-0.05, 0) is 43.7 Å². The molecule has 0 bridgehead atoms. The van der Waals surface area contributed by atoms with E-state index in [-0.39, 0.29) is 28.7 Å². The van der Waals surface area contributed by atoms with Gasteiger partial charge in [-0.2, -0.15) is 11.8 Å². The maximum absolute atomic E-state index is 5.53. The number of pyridine rings is 1. The third-order valence-corrected chi connectivity index (χ3v) is 6.32. The fraction of sp³-hybridized carbons (Fsp3) is 0.500. The average molecular weight is 500 g/mol. The first-order valence-corrected chi connectivity index (χ1v) is 10.5. The van der Waals surface area contributed by atoms with Crippen molar-refractivity contribution in [2.75, 3.05) is 32.6 Å². The van der Waals surface area contributed by atoms with Crippen molar-refractivity contribution in [3.8, 4) is 0 Å². The largest absolute Gasteiger partial charge is 0.381 e. The highest BCUT2D eigenvalue weighted by Crippen LogP contribution is 2.32. The predicted molar refractivity (Wildman–Crippen MR) is 126 cm³/mol. The number of halogens is 1. The lowest BCUT2D eigenvalue weighted by Gasteiger charge is -2.36. The quantitative estimate of drug-likeness (QED) is 0.359. The Labute approximate surface area is 183 Å². The van der Waals surface area contributed by atoms with Gasteiger partial charge in [-0.3, -0.25) is 4.98 Å². The summed E-state index contributed by atoms with van der Waals surface area (Å²) < 4.78 is 5.77. The fourth-order valence-electron chi connectivity index (χ4n) is 3.24. The van der Waals surface area contributed by atoms with Crippen LogP contribution in [0.5, 0.6) is 0 Å². The highest BCUT2D eigenvalue weighted by atomic mass is 127. The molecule has 1 aromatic heterocycles. The van der Waals surface area contributed by atoms with Crippen LogP contribution in [0.1, 0.15) is 25.3 Å². The highest BCUT2D eigenvalue weighted by Gasteiger charge is 2.31. The average Bonchev–Trinajstić information content (AvgIpc) is 2.71. The minimum atomic E-state index is 0. The smallest absolute Gasteiger partial charge is 0.191 e. The molecule has 5 nitrogen and oxygen atoms in total. The molecule has 0 amide bonds. The number of hydrogen-bond donors (Lipinski definition) is 2. The summed E-state index contributed by atoms with van der Waals surface area (Å²) >= 11 is 1.94. The Morgan fingerprint density at radius 1 is 1.22 bits per heavy atom. The Morgan fingerprint density at radius 2 is 2.00 bits per heavy atom. The zero-order valence-electron chi connectivity index (χ0n) is 16.0. The molecule has 7 heteroatoms. The molecule has 0 radical (unpaired) electrons. The van der Waals surface area contributed by atoms with Gasteiger partial charge in [-0.25, -0.2) is 4.99 Å². The van der Waals surface area contributed by atoms with E-state index in [0.717, 1.165) is 50.6 Å². The number of thioether (sulfide) groups is 1. The van der Waals surface area contributed by atoms with Crippen LogP contribution in [-0.2, 0) is 11.3 Å². The first-order valence-electron chi connectivity index (χ1n) is 9.24. The molecule has 1 saturated heterocycles. The number of rotatable bonds is 6. The van der Waals surface area contributed by atoms with Gasteiger partial charge in [0.25, 0.3) is 0 Å². The molecule has 27 heavy (non-hydrogen) atoms. The number of benzene rings is 1. The van der Waals surface area contributed by atoms with Crippen LogP contribution >= 0.6 is 35.7 Å². The van der Waals surface area contributed by atoms with E-state index < -0.39 is 0 Å². The molecule has 0 unspecified atom stereocenters. The Bertz CT molecular complexity index is 744. The summed E-state index contributed by atoms with van der Waals surface area (Å²) in [6.45, 7) is 6.17. The topological polar surface area (TPSA) is 58.5 Å². The van der Waals surface area contributed by atoms with E-state index in [2.05, 4.69) is 40.9 Å². The Balaban J connectivity index is 0.00000261. The van der Waals surface area contributed by atoms with Crippen molar-refractivity contribution in [2.24, 2.45) is 4.99 Å². The van der Waals surface area contributed by atoms with Gasteiger partial charge in [-0.15, -0.1) is 24.0 Å². The summed E-state index contributed by atoms with van der Waals surface area (Å²) in [5.41, 5.74) is 2.21. The zero-order chi connectivity index (χ0) is 18.2. The van der Waals surface area contributed by atoms with E-state index in [9.17, 15) is 0 Å². The summed E-state index contributed by atoms with van der Waals surface area (Å²) in [7, 11) is 0. The van der Waals surface area contributed by atoms with Gasteiger partial charge in [0.15, 0.2) is 5.96 Å². The second-order valence-electron chi connectivity index (χ2n) is 6.54. The first kappa shape index (κ1) is 22.2. The molecule has 0 aliphatic carbocycles. The van der Waals surface area contributed by atoms with E-state index in [0.29, 0.717) is 6.54 Å². The molecule has 2 N–H and O–H groups in total. The number of hydrogen-bond acceptors (Lipinski definition) is 4. The minimum absolute atomic E-state index is 0. The number of nitrogens with zero attached hydrogens (tertiary/aromatic N) is 2. The molecule has 1 aliphatic rings. The molecular formula is C20H29IN4OS. The van der Waals surface area contributed by atoms with Crippen LogP contribution in [0.4, 0.5) is 0 Å². The highest BCUT2D eigenvalue weighted by molar-refractivity contribution is 14.0. The molecule has 2 aromatic rings. The van der Waals surface area contributed by atoms with E-state index >= 15 is 0 Å². The van der Waals surface area contributed by atoms with Crippen molar-refractivity contribution in [1.29, 1.82) is 0 Å². The maximum atomic E-state index is 5.53. The van der Waals surface area contributed by atoms with Crippen LogP contribution in [0.2, 0.25) is 0 Å². The van der Waals surface area contributed by atoms with Gasteiger partial charge in [0, 0.05) is 42.6 Å². The maximum Gasteiger partial charge on any atom is 0.191 e. The molecule has 1 aromatic carbocycles. The third kappa shape index (κ3) is 5.96. The normalized spacial score (nSPS) is 16.6. The third-order valence-electron chi connectivity index (χ3n) is 4.91. The second-order valence-corrected chi connectivity index (χ2v) is 7.81. The van der Waals surface area contributed by atoms with Gasteiger partial charge in [0.2, 0.25) is 0 Å². The molecule has 0 saturated carbocycles. The lowest BCUT2D eigenvalue weighted by atomic mass is 9.99. The van der Waals surface area contributed by atoms with Crippen molar-refractivity contribution in [1.82, 2.24) is 15.6 Å². The summed E-state index contributed by atoms with van der Waals surface area (Å²) in [6, 6.07) is 10.3. The predicted octanol–water partition coefficient (Wildman–Crippen LogP) is 3.82. The summed E-state index contributed by atoms with van der Waals surface area (Å²) in [5, 5.41) is 8.08. The Morgan fingerprint density at radius 3 is 2.74 bits per heavy atom. The van der Waals surface area contributed by atoms with Gasteiger partial charge >= 0.3 is 0 Å². The fourth-order valence-corrected chi connectivity index (χ4v) is 4.03. The zero-order valence-corrected chi connectivity index (χ0v) is 19.2. The van der Waals surface area contributed by atoms with Gasteiger partial charge in [0.1, 0.15) is 0 Å². The van der Waals surface area contributed by atoms with Crippen LogP contribution in [0, 0.1) is 0 Å². The molecule has 2 heterocycles. The van der Waals surface area contributed by atoms with Crippen molar-refractivity contribution in [3.05, 3.63) is 42.1 Å². The summed E-state index contributed by atoms with van der Waals surface area (Å²) in [5.74, 6) is 0.869. The molecule has 1 aliphatic heterocycles. The number of guanidine groups is 1. The van der Waals surface area contributed by atoms with Crippen LogP contribution in [0.25, 0.3) is 10.9 Å². The van der Waals surface area contributed by atoms with Crippen LogP contribution in [-0.4, -0.2) is 48.2 Å². The van der Waals surface area contributed by atoms with Crippen LogP contribution in [0.15, 0.2) is 41.5 Å². The molecule has 0 atom stereocenters. The molecule has 148 valence electrons. The summed E-state index contributed by atoms with van der Waals surface area (Å²) in [6.07, 6.45) is 6.21. The Hall–Kier alpha value is -1.06. The Kier molecular flexibility index (Phi) is 9.11. The second kappa shape index (κ2) is 11.1. The van der Waals surface area contributed by atoms with E-state index in [1.165, 1.54) is 10.9 Å². The van der Waals surface area contributed by atoms with E-state index in [1.807, 2.05) is 36.2 Å². The van der Waals surface area contributed by atoms with E-state index in [1.54, 1.807) is 0 Å². The van der Waals surface area contributed by atoms with Crippen LogP contribution < -0.4 is 10.6 Å². The van der Waals surface area contributed by atoms with Crippen LogP contribution in [0.3, 0.4) is 0 Å². The van der Waals surface area contributed by atoms with E-state index in [4.69, 9.17) is 9.73 Å². The van der Waals surface area contributed by atoms with Crippen molar-refractivity contribution in [3.63, 3.8) is 0 Å². The molecule has 3 rings (SSSR count). The van der Waals surface area contributed by atoms with Gasteiger partial charge in [-0.1, -0.05) is 18.2 Å². The number of fused-ring (bicyclic) bond motifs is 1. The number of nitrogens with one attached hydrogen (secondary N) is 2. The lowest BCUT2D eigenvalue weighted by molar-refractivity contribution is 0.0783. The monoisotopic (exact) mass is 500 g/mol. The molecule has 1 fully saturated rings. The number of aliphatic imine (C=N–C) groups is 1. The van der Waals surface area contributed by atoms with Gasteiger partial charge in [0.05, 0.1) is 12.1 Å². The first-order chi connectivity index (χ1) is 12.8. The number of para-hydroxylation sites is 1. The van der Waals surface area contributed by atoms with Crippen molar-refractivity contribution in [2.45, 2.75) is 31.1 Å². The standard InChI is InChI=1S/C20H28N4OS.HI/c1-3-21-19(24-15-20(26-2)9-12-25-13-10-20)23-14-16-8-11-22-18-7-5-4-6-17(16)18;/h4-8,11H,3,9-10,12-15H2,1-2H3,(H2,21,23,24);1H. The molecule has 0 spiro atoms. The number of aromatic nitrogens is 1. The minimum Gasteiger partial charge on any atom is -0.381 e. The number of ether oxygens (including phenoxy) is 1. The van der Waals surface area contributed by atoms with Gasteiger partial charge < -0.3 is 15.4 Å². The lowest BCUT2D eigenvalue weighted by Crippen LogP contribution is -2.47.